The highest BCUT2D eigenvalue weighted by Gasteiger charge is 2.25. The molecule has 0 saturated carbocycles. The maximum absolute atomic E-state index is 6.03. The lowest BCUT2D eigenvalue weighted by atomic mass is 9.97. The number of rotatable bonds is 6. The average molecular weight is 404 g/mol. The number of aromatic nitrogens is 2. The van der Waals surface area contributed by atoms with Crippen LogP contribution in [0, 0.1) is 0 Å². The monoisotopic (exact) mass is 403 g/mol. The Bertz CT molecular complexity index is 773. The Morgan fingerprint density at radius 1 is 1.36 bits per heavy atom. The topological polar surface area (TPSA) is 54.7 Å². The molecule has 1 aliphatic rings. The van der Waals surface area contributed by atoms with E-state index in [2.05, 4.69) is 41.3 Å². The zero-order chi connectivity index (χ0) is 19.9. The number of morpholine rings is 1. The maximum Gasteiger partial charge on any atom is 0.194 e. The number of nitrogens with zero attached hydrogens (tertiary/aromatic N) is 4. The summed E-state index contributed by atoms with van der Waals surface area (Å²) in [6.45, 7) is 8.18. The van der Waals surface area contributed by atoms with E-state index in [4.69, 9.17) is 21.3 Å². The van der Waals surface area contributed by atoms with Gasteiger partial charge in [-0.25, -0.2) is 0 Å². The van der Waals surface area contributed by atoms with E-state index < -0.39 is 0 Å². The van der Waals surface area contributed by atoms with Gasteiger partial charge in [0.15, 0.2) is 5.96 Å². The van der Waals surface area contributed by atoms with Crippen molar-refractivity contribution in [2.24, 2.45) is 12.0 Å². The molecule has 1 aliphatic heterocycles. The average Bonchev–Trinajstić information content (AvgIpc) is 3.15. The highest BCUT2D eigenvalue weighted by atomic mass is 35.5. The minimum Gasteiger partial charge on any atom is -0.370 e. The van der Waals surface area contributed by atoms with Gasteiger partial charge in [-0.15, -0.1) is 0 Å². The number of aliphatic imine (C=N–C) groups is 1. The third-order valence-electron chi connectivity index (χ3n) is 5.09. The van der Waals surface area contributed by atoms with Crippen molar-refractivity contribution in [3.05, 3.63) is 52.8 Å². The third kappa shape index (κ3) is 5.26. The molecule has 0 spiro atoms. The third-order valence-corrected chi connectivity index (χ3v) is 5.35. The van der Waals surface area contributed by atoms with E-state index in [-0.39, 0.29) is 6.10 Å². The zero-order valence-electron chi connectivity index (χ0n) is 16.9. The molecule has 1 aromatic heterocycles. The number of hydrogen-bond donors (Lipinski definition) is 1. The van der Waals surface area contributed by atoms with E-state index in [1.807, 2.05) is 36.3 Å². The van der Waals surface area contributed by atoms with E-state index in [0.717, 1.165) is 49.1 Å². The van der Waals surface area contributed by atoms with Crippen LogP contribution in [0.3, 0.4) is 0 Å². The highest BCUT2D eigenvalue weighted by Crippen LogP contribution is 2.24. The van der Waals surface area contributed by atoms with E-state index in [1.54, 1.807) is 0 Å². The highest BCUT2D eigenvalue weighted by molar-refractivity contribution is 6.30. The molecule has 1 fully saturated rings. The minimum absolute atomic E-state index is 0.0181. The number of ether oxygens (including phenoxy) is 1. The largest absolute Gasteiger partial charge is 0.370 e. The van der Waals surface area contributed by atoms with Gasteiger partial charge in [0, 0.05) is 49.4 Å². The fourth-order valence-electron chi connectivity index (χ4n) is 3.48. The summed E-state index contributed by atoms with van der Waals surface area (Å²) in [6.07, 6.45) is 4.95. The number of nitrogens with one attached hydrogen (secondary N) is 1. The molecule has 28 heavy (non-hydrogen) atoms. The smallest absolute Gasteiger partial charge is 0.194 e. The van der Waals surface area contributed by atoms with Crippen molar-refractivity contribution in [3.8, 4) is 0 Å². The van der Waals surface area contributed by atoms with E-state index in [9.17, 15) is 0 Å². The molecule has 0 amide bonds. The first-order chi connectivity index (χ1) is 13.6. The van der Waals surface area contributed by atoms with Crippen molar-refractivity contribution in [1.29, 1.82) is 0 Å². The van der Waals surface area contributed by atoms with Crippen LogP contribution >= 0.6 is 11.6 Å². The van der Waals surface area contributed by atoms with Crippen LogP contribution in [-0.4, -0.2) is 53.4 Å². The summed E-state index contributed by atoms with van der Waals surface area (Å²) in [4.78, 5) is 7.25. The van der Waals surface area contributed by atoms with E-state index >= 15 is 0 Å². The Morgan fingerprint density at radius 2 is 2.14 bits per heavy atom. The number of aryl methyl sites for hydroxylation is 1. The molecule has 2 atom stereocenters. The number of guanidine groups is 1. The molecular weight excluding hydrogens is 374 g/mol. The van der Waals surface area contributed by atoms with Crippen LogP contribution in [0.5, 0.6) is 0 Å². The first-order valence-corrected chi connectivity index (χ1v) is 10.4. The molecule has 1 saturated heterocycles. The lowest BCUT2D eigenvalue weighted by molar-refractivity contribution is -0.00804. The van der Waals surface area contributed by atoms with Gasteiger partial charge in [-0.2, -0.15) is 5.10 Å². The van der Waals surface area contributed by atoms with Gasteiger partial charge in [0.2, 0.25) is 0 Å². The lowest BCUT2D eigenvalue weighted by Gasteiger charge is -2.35. The summed E-state index contributed by atoms with van der Waals surface area (Å²) >= 11 is 6.03. The normalized spacial score (nSPS) is 18.9. The van der Waals surface area contributed by atoms with Gasteiger partial charge in [-0.3, -0.25) is 9.67 Å². The standard InChI is InChI=1S/C21H30ClN5O/c1-4-16(17-6-8-19(22)9-7-17)12-24-21(23-5-2)27-10-11-28-20(15-27)18-13-25-26(3)14-18/h6-9,13-14,16,20H,4-5,10-12,15H2,1-3H3,(H,23,24). The van der Waals surface area contributed by atoms with Crippen LogP contribution in [0.2, 0.25) is 5.02 Å². The molecule has 7 heteroatoms. The van der Waals surface area contributed by atoms with E-state index in [1.165, 1.54) is 5.56 Å². The van der Waals surface area contributed by atoms with Gasteiger partial charge in [0.1, 0.15) is 6.10 Å². The zero-order valence-corrected chi connectivity index (χ0v) is 17.7. The summed E-state index contributed by atoms with van der Waals surface area (Å²) in [6, 6.07) is 8.11. The molecule has 1 N–H and O–H groups in total. The maximum atomic E-state index is 6.03. The van der Waals surface area contributed by atoms with E-state index in [0.29, 0.717) is 12.5 Å². The SMILES string of the molecule is CCNC(=NCC(CC)c1ccc(Cl)cc1)N1CCOC(c2cnn(C)c2)C1. The van der Waals surface area contributed by atoms with Gasteiger partial charge >= 0.3 is 0 Å². The molecule has 0 bridgehead atoms. The molecule has 2 heterocycles. The van der Waals surface area contributed by atoms with Crippen molar-refractivity contribution in [2.75, 3.05) is 32.8 Å². The molecule has 3 rings (SSSR count). The van der Waals surface area contributed by atoms with Crippen LogP contribution in [-0.2, 0) is 11.8 Å². The van der Waals surface area contributed by atoms with Gasteiger partial charge in [-0.05, 0) is 31.0 Å². The van der Waals surface area contributed by atoms with Crippen molar-refractivity contribution in [2.45, 2.75) is 32.3 Å². The summed E-state index contributed by atoms with van der Waals surface area (Å²) in [5, 5.41) is 8.49. The Balaban J connectivity index is 1.71. The Hall–Kier alpha value is -2.05. The number of benzene rings is 1. The van der Waals surface area contributed by atoms with Crippen molar-refractivity contribution in [3.63, 3.8) is 0 Å². The first-order valence-electron chi connectivity index (χ1n) is 9.99. The Kier molecular flexibility index (Phi) is 7.34. The van der Waals surface area contributed by atoms with Crippen LogP contribution in [0.4, 0.5) is 0 Å². The summed E-state index contributed by atoms with van der Waals surface area (Å²) < 4.78 is 7.79. The van der Waals surface area contributed by atoms with Gasteiger partial charge in [-0.1, -0.05) is 30.7 Å². The molecule has 6 nitrogen and oxygen atoms in total. The van der Waals surface area contributed by atoms with Crippen LogP contribution < -0.4 is 5.32 Å². The molecular formula is C21H30ClN5O. The second-order valence-corrected chi connectivity index (χ2v) is 7.54. The van der Waals surface area contributed by atoms with Crippen LogP contribution in [0.1, 0.15) is 43.4 Å². The van der Waals surface area contributed by atoms with Crippen molar-refractivity contribution >= 4 is 17.6 Å². The fraction of sp³-hybridized carbons (Fsp3) is 0.524. The number of hydrogen-bond acceptors (Lipinski definition) is 3. The molecule has 1 aromatic carbocycles. The Labute approximate surface area is 172 Å². The summed E-state index contributed by atoms with van der Waals surface area (Å²) in [5.74, 6) is 1.33. The van der Waals surface area contributed by atoms with Crippen LogP contribution in [0.25, 0.3) is 0 Å². The van der Waals surface area contributed by atoms with Crippen molar-refractivity contribution < 1.29 is 4.74 Å². The molecule has 0 radical (unpaired) electrons. The van der Waals surface area contributed by atoms with Crippen LogP contribution in [0.15, 0.2) is 41.7 Å². The molecule has 2 unspecified atom stereocenters. The predicted molar refractivity (Wildman–Crippen MR) is 114 cm³/mol. The van der Waals surface area contributed by atoms with Gasteiger partial charge < -0.3 is 15.0 Å². The number of halogens is 1. The summed E-state index contributed by atoms with van der Waals surface area (Å²) in [5.41, 5.74) is 2.39. The lowest BCUT2D eigenvalue weighted by Crippen LogP contribution is -2.48. The second kappa shape index (κ2) is 9.94. The van der Waals surface area contributed by atoms with Gasteiger partial charge in [0.05, 0.1) is 19.3 Å². The van der Waals surface area contributed by atoms with Gasteiger partial charge in [0.25, 0.3) is 0 Å². The van der Waals surface area contributed by atoms with Crippen molar-refractivity contribution in [1.82, 2.24) is 20.0 Å². The fourth-order valence-corrected chi connectivity index (χ4v) is 3.60. The quantitative estimate of drug-likeness (QED) is 0.591. The minimum atomic E-state index is 0.0181. The second-order valence-electron chi connectivity index (χ2n) is 7.10. The summed E-state index contributed by atoms with van der Waals surface area (Å²) in [7, 11) is 1.93. The first kappa shape index (κ1) is 20.7. The molecule has 0 aliphatic carbocycles. The Morgan fingerprint density at radius 3 is 2.79 bits per heavy atom. The predicted octanol–water partition coefficient (Wildman–Crippen LogP) is 3.61. The molecule has 2 aromatic rings. The molecule has 152 valence electrons.